The Labute approximate surface area is 131 Å². The Morgan fingerprint density at radius 3 is 2.43 bits per heavy atom. The highest BCUT2D eigenvalue weighted by molar-refractivity contribution is 6.30. The molecule has 1 amide bonds. The summed E-state index contributed by atoms with van der Waals surface area (Å²) < 4.78 is 0. The number of nitrogens with one attached hydrogen (secondary N) is 1. The molecule has 0 aromatic heterocycles. The molecule has 3 heteroatoms. The number of halogens is 1. The maximum atomic E-state index is 11.9. The molecule has 0 aliphatic heterocycles. The van der Waals surface area contributed by atoms with Crippen LogP contribution in [0.4, 0.5) is 5.69 Å². The van der Waals surface area contributed by atoms with Gasteiger partial charge in [-0.2, -0.15) is 0 Å². The maximum absolute atomic E-state index is 11.9. The molecule has 0 saturated carbocycles. The van der Waals surface area contributed by atoms with E-state index in [9.17, 15) is 4.79 Å². The molecule has 21 heavy (non-hydrogen) atoms. The number of benzene rings is 2. The van der Waals surface area contributed by atoms with Gasteiger partial charge < -0.3 is 5.32 Å². The molecule has 0 bridgehead atoms. The van der Waals surface area contributed by atoms with Crippen LogP contribution in [0.15, 0.2) is 42.5 Å². The van der Waals surface area contributed by atoms with E-state index in [1.54, 1.807) is 0 Å². The Balaban J connectivity index is 1.79. The number of hydrogen-bond acceptors (Lipinski definition) is 1. The third kappa shape index (κ3) is 4.91. The molecule has 0 aliphatic rings. The van der Waals surface area contributed by atoms with Crippen LogP contribution in [0.1, 0.15) is 29.5 Å². The van der Waals surface area contributed by atoms with Crippen LogP contribution < -0.4 is 5.32 Å². The number of carbonyl (C=O) groups is 1. The Hall–Kier alpha value is -1.80. The highest BCUT2D eigenvalue weighted by Crippen LogP contribution is 2.15. The van der Waals surface area contributed by atoms with Gasteiger partial charge in [-0.3, -0.25) is 4.79 Å². The summed E-state index contributed by atoms with van der Waals surface area (Å²) in [7, 11) is 0. The standard InChI is InChI=1S/C18H20ClNO/c1-13-6-11-17(12-14(13)2)20-18(21)5-3-4-15-7-9-16(19)10-8-15/h6-12H,3-5H2,1-2H3,(H,20,21). The summed E-state index contributed by atoms with van der Waals surface area (Å²) in [5.41, 5.74) is 4.50. The second kappa shape index (κ2) is 7.28. The van der Waals surface area contributed by atoms with Crippen LogP contribution in [0, 0.1) is 13.8 Å². The predicted octanol–water partition coefficient (Wildman–Crippen LogP) is 4.92. The van der Waals surface area contributed by atoms with Crippen LogP contribution in [-0.4, -0.2) is 5.91 Å². The molecule has 0 fully saturated rings. The molecular weight excluding hydrogens is 282 g/mol. The summed E-state index contributed by atoms with van der Waals surface area (Å²) in [5.74, 6) is 0.0622. The summed E-state index contributed by atoms with van der Waals surface area (Å²) >= 11 is 5.85. The Morgan fingerprint density at radius 2 is 1.76 bits per heavy atom. The minimum atomic E-state index is 0.0622. The van der Waals surface area contributed by atoms with Gasteiger partial charge in [-0.15, -0.1) is 0 Å². The molecule has 0 aliphatic carbocycles. The van der Waals surface area contributed by atoms with E-state index in [0.29, 0.717) is 6.42 Å². The third-order valence-corrected chi connectivity index (χ3v) is 3.83. The first-order valence-corrected chi connectivity index (χ1v) is 7.54. The van der Waals surface area contributed by atoms with Gasteiger partial charge in [0.25, 0.3) is 0 Å². The zero-order valence-electron chi connectivity index (χ0n) is 12.4. The van der Waals surface area contributed by atoms with E-state index < -0.39 is 0 Å². The number of amides is 1. The zero-order chi connectivity index (χ0) is 15.2. The van der Waals surface area contributed by atoms with E-state index in [1.807, 2.05) is 49.4 Å². The Bertz CT molecular complexity index is 620. The van der Waals surface area contributed by atoms with Gasteiger partial charge in [0.05, 0.1) is 0 Å². The smallest absolute Gasteiger partial charge is 0.224 e. The molecule has 0 heterocycles. The molecule has 0 atom stereocenters. The lowest BCUT2D eigenvalue weighted by atomic mass is 10.1. The molecule has 0 saturated heterocycles. The van der Waals surface area contributed by atoms with Gasteiger partial charge in [0.1, 0.15) is 0 Å². The van der Waals surface area contributed by atoms with E-state index in [0.717, 1.165) is 23.6 Å². The van der Waals surface area contributed by atoms with Crippen molar-refractivity contribution in [3.8, 4) is 0 Å². The zero-order valence-corrected chi connectivity index (χ0v) is 13.2. The number of anilines is 1. The monoisotopic (exact) mass is 301 g/mol. The van der Waals surface area contributed by atoms with Crippen molar-refractivity contribution < 1.29 is 4.79 Å². The van der Waals surface area contributed by atoms with Crippen molar-refractivity contribution in [1.29, 1.82) is 0 Å². The molecule has 0 radical (unpaired) electrons. The van der Waals surface area contributed by atoms with Gasteiger partial charge in [-0.25, -0.2) is 0 Å². The summed E-state index contributed by atoms with van der Waals surface area (Å²) in [5, 5.41) is 3.69. The maximum Gasteiger partial charge on any atom is 0.224 e. The summed E-state index contributed by atoms with van der Waals surface area (Å²) in [4.78, 5) is 11.9. The van der Waals surface area contributed by atoms with E-state index in [4.69, 9.17) is 11.6 Å². The van der Waals surface area contributed by atoms with E-state index in [-0.39, 0.29) is 5.91 Å². The SMILES string of the molecule is Cc1ccc(NC(=O)CCCc2ccc(Cl)cc2)cc1C. The normalized spacial score (nSPS) is 10.4. The fourth-order valence-corrected chi connectivity index (χ4v) is 2.27. The van der Waals surface area contributed by atoms with Gasteiger partial charge in [0.15, 0.2) is 0 Å². The van der Waals surface area contributed by atoms with Crippen LogP contribution in [0.5, 0.6) is 0 Å². The lowest BCUT2D eigenvalue weighted by Gasteiger charge is -2.08. The molecule has 2 nitrogen and oxygen atoms in total. The topological polar surface area (TPSA) is 29.1 Å². The molecule has 0 unspecified atom stereocenters. The van der Waals surface area contributed by atoms with Crippen LogP contribution in [-0.2, 0) is 11.2 Å². The molecule has 2 aromatic carbocycles. The average molecular weight is 302 g/mol. The number of hydrogen-bond donors (Lipinski definition) is 1. The first-order chi connectivity index (χ1) is 10.0. The average Bonchev–Trinajstić information content (AvgIpc) is 2.45. The molecule has 1 N–H and O–H groups in total. The Morgan fingerprint density at radius 1 is 1.05 bits per heavy atom. The van der Waals surface area contributed by atoms with E-state index in [2.05, 4.69) is 12.2 Å². The van der Waals surface area contributed by atoms with Crippen molar-refractivity contribution >= 4 is 23.2 Å². The highest BCUT2D eigenvalue weighted by atomic mass is 35.5. The van der Waals surface area contributed by atoms with Crippen LogP contribution in [0.2, 0.25) is 5.02 Å². The van der Waals surface area contributed by atoms with Crippen LogP contribution in [0.25, 0.3) is 0 Å². The van der Waals surface area contributed by atoms with Crippen molar-refractivity contribution in [3.63, 3.8) is 0 Å². The third-order valence-electron chi connectivity index (χ3n) is 3.57. The summed E-state index contributed by atoms with van der Waals surface area (Å²) in [6.07, 6.45) is 2.24. The van der Waals surface area contributed by atoms with Gasteiger partial charge in [0.2, 0.25) is 5.91 Å². The molecule has 2 aromatic rings. The molecule has 0 spiro atoms. The van der Waals surface area contributed by atoms with Crippen molar-refractivity contribution in [2.75, 3.05) is 5.32 Å². The quantitative estimate of drug-likeness (QED) is 0.834. The lowest BCUT2D eigenvalue weighted by Crippen LogP contribution is -2.11. The molecular formula is C18H20ClNO. The Kier molecular flexibility index (Phi) is 5.40. The highest BCUT2D eigenvalue weighted by Gasteiger charge is 2.04. The van der Waals surface area contributed by atoms with E-state index >= 15 is 0 Å². The first-order valence-electron chi connectivity index (χ1n) is 7.16. The number of carbonyl (C=O) groups excluding carboxylic acids is 1. The fraction of sp³-hybridized carbons (Fsp3) is 0.278. The summed E-state index contributed by atoms with van der Waals surface area (Å²) in [6, 6.07) is 13.7. The second-order valence-electron chi connectivity index (χ2n) is 5.33. The molecule has 110 valence electrons. The van der Waals surface area contributed by atoms with Gasteiger partial charge >= 0.3 is 0 Å². The fourth-order valence-electron chi connectivity index (χ4n) is 2.15. The van der Waals surface area contributed by atoms with Gasteiger partial charge in [0, 0.05) is 17.1 Å². The van der Waals surface area contributed by atoms with Crippen molar-refractivity contribution in [1.82, 2.24) is 0 Å². The largest absolute Gasteiger partial charge is 0.326 e. The number of aryl methyl sites for hydroxylation is 3. The lowest BCUT2D eigenvalue weighted by molar-refractivity contribution is -0.116. The van der Waals surface area contributed by atoms with Gasteiger partial charge in [-0.1, -0.05) is 29.8 Å². The van der Waals surface area contributed by atoms with Gasteiger partial charge in [-0.05, 0) is 67.6 Å². The minimum Gasteiger partial charge on any atom is -0.326 e. The van der Waals surface area contributed by atoms with Crippen LogP contribution >= 0.6 is 11.6 Å². The molecule has 2 rings (SSSR count). The number of rotatable bonds is 5. The van der Waals surface area contributed by atoms with E-state index in [1.165, 1.54) is 16.7 Å². The van der Waals surface area contributed by atoms with Crippen molar-refractivity contribution in [2.45, 2.75) is 33.1 Å². The van der Waals surface area contributed by atoms with Crippen molar-refractivity contribution in [3.05, 3.63) is 64.2 Å². The predicted molar refractivity (Wildman–Crippen MR) is 88.9 cm³/mol. The van der Waals surface area contributed by atoms with Crippen molar-refractivity contribution in [2.24, 2.45) is 0 Å². The van der Waals surface area contributed by atoms with Crippen LogP contribution in [0.3, 0.4) is 0 Å². The second-order valence-corrected chi connectivity index (χ2v) is 5.76. The minimum absolute atomic E-state index is 0.0622. The first kappa shape index (κ1) is 15.6. The summed E-state index contributed by atoms with van der Waals surface area (Å²) in [6.45, 7) is 4.11.